The van der Waals surface area contributed by atoms with E-state index in [2.05, 4.69) is 17.6 Å². The lowest BCUT2D eigenvalue weighted by atomic mass is 9.86. The van der Waals surface area contributed by atoms with E-state index in [1.54, 1.807) is 14.2 Å². The number of amides is 3. The molecule has 0 radical (unpaired) electrons. The molecule has 0 unspecified atom stereocenters. The molecule has 160 valence electrons. The highest BCUT2D eigenvalue weighted by Crippen LogP contribution is 2.40. The van der Waals surface area contributed by atoms with Gasteiger partial charge in [-0.25, -0.2) is 4.79 Å². The van der Waals surface area contributed by atoms with E-state index in [1.807, 2.05) is 24.0 Å². The van der Waals surface area contributed by atoms with E-state index in [-0.39, 0.29) is 29.9 Å². The van der Waals surface area contributed by atoms with E-state index >= 15 is 0 Å². The van der Waals surface area contributed by atoms with Crippen molar-refractivity contribution < 1.29 is 19.1 Å². The number of carbonyl (C=O) groups is 2. The molecule has 29 heavy (non-hydrogen) atoms. The van der Waals surface area contributed by atoms with Crippen LogP contribution in [0.15, 0.2) is 12.1 Å². The normalized spacial score (nSPS) is 19.2. The first-order chi connectivity index (χ1) is 14.0. The van der Waals surface area contributed by atoms with Gasteiger partial charge >= 0.3 is 6.03 Å². The van der Waals surface area contributed by atoms with E-state index in [4.69, 9.17) is 9.47 Å². The fraction of sp³-hybridized carbons (Fsp3) is 0.636. The zero-order valence-corrected chi connectivity index (χ0v) is 17.9. The molecular formula is C22H33N3O4. The van der Waals surface area contributed by atoms with Crippen molar-refractivity contribution >= 4 is 11.9 Å². The monoisotopic (exact) mass is 403 g/mol. The maximum atomic E-state index is 13.0. The van der Waals surface area contributed by atoms with Crippen molar-refractivity contribution in [2.75, 3.05) is 27.3 Å². The first kappa shape index (κ1) is 21.3. The Kier molecular flexibility index (Phi) is 6.87. The summed E-state index contributed by atoms with van der Waals surface area (Å²) in [5.74, 6) is 1.54. The fourth-order valence-corrected chi connectivity index (χ4v) is 4.02. The Labute approximate surface area is 173 Å². The van der Waals surface area contributed by atoms with Crippen molar-refractivity contribution in [1.82, 2.24) is 15.5 Å². The third kappa shape index (κ3) is 4.60. The number of hydrogen-bond donors (Lipinski definition) is 2. The minimum atomic E-state index is -0.247. The minimum Gasteiger partial charge on any atom is -0.493 e. The standard InChI is InChI=1S/C22H33N3O4/c1-5-10-23-22(27)25-11-9-15-12-18(28-3)19(29-4)13-16(15)20(25)17(6-2)24-21(26)14-7-8-14/h12-14,17,20H,5-11H2,1-4H3,(H,23,27)(H,24,26)/t17-,20-/m1/s1. The van der Waals surface area contributed by atoms with Crippen molar-refractivity contribution in [1.29, 1.82) is 0 Å². The third-order valence-corrected chi connectivity index (χ3v) is 5.81. The SMILES string of the molecule is CCCNC(=O)N1CCc2cc(OC)c(OC)cc2[C@@H]1[C@@H](CC)NC(=O)C1CC1. The lowest BCUT2D eigenvalue weighted by Gasteiger charge is -2.42. The van der Waals surface area contributed by atoms with Gasteiger partial charge in [0, 0.05) is 19.0 Å². The third-order valence-electron chi connectivity index (χ3n) is 5.81. The molecular weight excluding hydrogens is 370 g/mol. The molecule has 0 spiro atoms. The molecule has 0 aromatic heterocycles. The number of rotatable bonds is 8. The molecule has 0 bridgehead atoms. The van der Waals surface area contributed by atoms with E-state index in [0.29, 0.717) is 24.6 Å². The van der Waals surface area contributed by atoms with Crippen LogP contribution in [-0.4, -0.2) is 50.2 Å². The van der Waals surface area contributed by atoms with Crippen molar-refractivity contribution in [2.45, 2.75) is 58.0 Å². The summed E-state index contributed by atoms with van der Waals surface area (Å²) in [5, 5.41) is 6.21. The van der Waals surface area contributed by atoms with E-state index in [9.17, 15) is 9.59 Å². The van der Waals surface area contributed by atoms with Gasteiger partial charge in [0.1, 0.15) is 0 Å². The van der Waals surface area contributed by atoms with E-state index in [0.717, 1.165) is 43.2 Å². The van der Waals surface area contributed by atoms with Gasteiger partial charge in [-0.3, -0.25) is 4.79 Å². The van der Waals surface area contributed by atoms with Crippen molar-refractivity contribution in [3.63, 3.8) is 0 Å². The molecule has 1 aliphatic heterocycles. The number of nitrogens with zero attached hydrogens (tertiary/aromatic N) is 1. The van der Waals surface area contributed by atoms with Gasteiger partial charge in [-0.2, -0.15) is 0 Å². The van der Waals surface area contributed by atoms with Crippen LogP contribution >= 0.6 is 0 Å². The Morgan fingerprint density at radius 3 is 2.45 bits per heavy atom. The molecule has 1 heterocycles. The molecule has 1 aliphatic carbocycles. The van der Waals surface area contributed by atoms with Crippen LogP contribution < -0.4 is 20.1 Å². The fourth-order valence-electron chi connectivity index (χ4n) is 4.02. The Morgan fingerprint density at radius 1 is 1.17 bits per heavy atom. The summed E-state index contributed by atoms with van der Waals surface area (Å²) < 4.78 is 11.0. The molecule has 7 nitrogen and oxygen atoms in total. The molecule has 0 saturated heterocycles. The van der Waals surface area contributed by atoms with Gasteiger partial charge in [0.05, 0.1) is 26.3 Å². The van der Waals surface area contributed by atoms with Crippen LogP contribution in [0, 0.1) is 5.92 Å². The van der Waals surface area contributed by atoms with Gasteiger partial charge in [-0.15, -0.1) is 0 Å². The maximum Gasteiger partial charge on any atom is 0.317 e. The number of nitrogens with one attached hydrogen (secondary N) is 2. The highest BCUT2D eigenvalue weighted by molar-refractivity contribution is 5.81. The summed E-state index contributed by atoms with van der Waals surface area (Å²) in [6.07, 6.45) is 4.25. The van der Waals surface area contributed by atoms with Crippen molar-refractivity contribution in [2.24, 2.45) is 5.92 Å². The lowest BCUT2D eigenvalue weighted by molar-refractivity contribution is -0.123. The first-order valence-electron chi connectivity index (χ1n) is 10.6. The second-order valence-electron chi connectivity index (χ2n) is 7.82. The zero-order chi connectivity index (χ0) is 21.0. The molecule has 7 heteroatoms. The molecule has 3 rings (SSSR count). The van der Waals surface area contributed by atoms with Crippen LogP contribution in [0.1, 0.15) is 56.7 Å². The number of fused-ring (bicyclic) bond motifs is 1. The predicted octanol–water partition coefficient (Wildman–Crippen LogP) is 3.03. The number of carbonyl (C=O) groups excluding carboxylic acids is 2. The largest absolute Gasteiger partial charge is 0.493 e. The van der Waals surface area contributed by atoms with Crippen molar-refractivity contribution in [3.05, 3.63) is 23.3 Å². The summed E-state index contributed by atoms with van der Waals surface area (Å²) >= 11 is 0. The molecule has 1 fully saturated rings. The lowest BCUT2D eigenvalue weighted by Crippen LogP contribution is -2.53. The van der Waals surface area contributed by atoms with Gasteiger partial charge in [0.15, 0.2) is 11.5 Å². The number of ether oxygens (including phenoxy) is 2. The molecule has 1 aromatic rings. The number of methoxy groups -OCH3 is 2. The summed E-state index contributed by atoms with van der Waals surface area (Å²) in [6.45, 7) is 5.31. The van der Waals surface area contributed by atoms with Crippen LogP contribution in [-0.2, 0) is 11.2 Å². The quantitative estimate of drug-likeness (QED) is 0.699. The predicted molar refractivity (Wildman–Crippen MR) is 111 cm³/mol. The molecule has 2 aliphatic rings. The van der Waals surface area contributed by atoms with E-state index in [1.165, 1.54) is 0 Å². The maximum absolute atomic E-state index is 13.0. The van der Waals surface area contributed by atoms with Crippen LogP contribution in [0.3, 0.4) is 0 Å². The summed E-state index contributed by atoms with van der Waals surface area (Å²) in [5.41, 5.74) is 2.15. The second-order valence-corrected chi connectivity index (χ2v) is 7.82. The average Bonchev–Trinajstić information content (AvgIpc) is 3.59. The topological polar surface area (TPSA) is 79.9 Å². The zero-order valence-electron chi connectivity index (χ0n) is 17.9. The van der Waals surface area contributed by atoms with Gasteiger partial charge in [0.2, 0.25) is 5.91 Å². The van der Waals surface area contributed by atoms with Gasteiger partial charge in [-0.05, 0) is 55.4 Å². The Morgan fingerprint density at radius 2 is 1.86 bits per heavy atom. The number of hydrogen-bond acceptors (Lipinski definition) is 4. The van der Waals surface area contributed by atoms with Crippen LogP contribution in [0.2, 0.25) is 0 Å². The summed E-state index contributed by atoms with van der Waals surface area (Å²) in [7, 11) is 3.24. The smallest absolute Gasteiger partial charge is 0.317 e. The molecule has 2 N–H and O–H groups in total. The number of urea groups is 1. The molecule has 1 aromatic carbocycles. The highest BCUT2D eigenvalue weighted by atomic mass is 16.5. The van der Waals surface area contributed by atoms with Crippen LogP contribution in [0.5, 0.6) is 11.5 Å². The molecule has 2 atom stereocenters. The second kappa shape index (κ2) is 9.37. The van der Waals surface area contributed by atoms with Crippen LogP contribution in [0.25, 0.3) is 0 Å². The van der Waals surface area contributed by atoms with E-state index < -0.39 is 0 Å². The Bertz CT molecular complexity index is 748. The first-order valence-corrected chi connectivity index (χ1v) is 10.6. The average molecular weight is 404 g/mol. The number of benzene rings is 1. The summed E-state index contributed by atoms with van der Waals surface area (Å²) in [4.78, 5) is 27.3. The van der Waals surface area contributed by atoms with Crippen LogP contribution in [0.4, 0.5) is 4.79 Å². The highest BCUT2D eigenvalue weighted by Gasteiger charge is 2.39. The Hall–Kier alpha value is -2.44. The minimum absolute atomic E-state index is 0.0867. The van der Waals surface area contributed by atoms with Gasteiger partial charge in [0.25, 0.3) is 0 Å². The van der Waals surface area contributed by atoms with Crippen molar-refractivity contribution in [3.8, 4) is 11.5 Å². The Balaban J connectivity index is 1.98. The molecule has 3 amide bonds. The summed E-state index contributed by atoms with van der Waals surface area (Å²) in [6, 6.07) is 3.47. The van der Waals surface area contributed by atoms with Gasteiger partial charge in [-0.1, -0.05) is 13.8 Å². The molecule has 1 saturated carbocycles. The van der Waals surface area contributed by atoms with Gasteiger partial charge < -0.3 is 25.0 Å².